The van der Waals surface area contributed by atoms with Crippen molar-refractivity contribution in [3.63, 3.8) is 0 Å². The number of amides is 2. The van der Waals surface area contributed by atoms with Crippen LogP contribution in [0.2, 0.25) is 0 Å². The molecule has 2 amide bonds. The van der Waals surface area contributed by atoms with Crippen molar-refractivity contribution in [2.75, 3.05) is 0 Å². The second-order valence-corrected chi connectivity index (χ2v) is 5.26. The van der Waals surface area contributed by atoms with Gasteiger partial charge in [0.05, 0.1) is 6.04 Å². The van der Waals surface area contributed by atoms with Gasteiger partial charge in [0.15, 0.2) is 0 Å². The van der Waals surface area contributed by atoms with Gasteiger partial charge in [-0.3, -0.25) is 14.8 Å². The van der Waals surface area contributed by atoms with Gasteiger partial charge in [0.2, 0.25) is 5.91 Å². The lowest BCUT2D eigenvalue weighted by Crippen LogP contribution is -2.29. The highest BCUT2D eigenvalue weighted by molar-refractivity contribution is 5.93. The molecule has 25 heavy (non-hydrogen) atoms. The summed E-state index contributed by atoms with van der Waals surface area (Å²) in [7, 11) is 0. The van der Waals surface area contributed by atoms with Gasteiger partial charge in [-0.2, -0.15) is 0 Å². The highest BCUT2D eigenvalue weighted by atomic mass is 16.5. The highest BCUT2D eigenvalue weighted by Gasteiger charge is 2.03. The Kier molecular flexibility index (Phi) is 6.52. The van der Waals surface area contributed by atoms with Crippen LogP contribution in [0.4, 0.5) is 0 Å². The van der Waals surface area contributed by atoms with Crippen LogP contribution in [0.5, 0.6) is 0 Å². The number of benzene rings is 2. The first-order chi connectivity index (χ1) is 12.1. The summed E-state index contributed by atoms with van der Waals surface area (Å²) in [4.78, 5) is 23.1. The fourth-order valence-corrected chi connectivity index (χ4v) is 1.99. The molecule has 0 spiro atoms. The molecule has 2 aromatic rings. The molecule has 0 aromatic heterocycles. The van der Waals surface area contributed by atoms with E-state index in [1.165, 1.54) is 6.08 Å². The second-order valence-electron chi connectivity index (χ2n) is 5.26. The van der Waals surface area contributed by atoms with Crippen molar-refractivity contribution in [1.82, 2.24) is 10.8 Å². The predicted octanol–water partition coefficient (Wildman–Crippen LogP) is 2.38. The summed E-state index contributed by atoms with van der Waals surface area (Å²) in [5.41, 5.74) is 3.55. The fourth-order valence-electron chi connectivity index (χ4n) is 1.99. The van der Waals surface area contributed by atoms with Crippen molar-refractivity contribution in [3.05, 3.63) is 77.4 Å². The molecule has 5 nitrogen and oxygen atoms in total. The molecule has 1 atom stereocenters. The summed E-state index contributed by atoms with van der Waals surface area (Å²) in [6.45, 7) is 1.79. The van der Waals surface area contributed by atoms with Crippen LogP contribution in [-0.2, 0) is 4.79 Å². The Morgan fingerprint density at radius 1 is 1.08 bits per heavy atom. The number of carbonyl (C=O) groups is 2. The molecular formula is C20H18N2O3. The molecule has 0 aliphatic carbocycles. The first-order valence-electron chi connectivity index (χ1n) is 7.68. The van der Waals surface area contributed by atoms with Crippen molar-refractivity contribution in [2.24, 2.45) is 0 Å². The molecule has 0 aliphatic rings. The Bertz CT molecular complexity index is 816. The Morgan fingerprint density at radius 3 is 2.40 bits per heavy atom. The van der Waals surface area contributed by atoms with Gasteiger partial charge in [-0.15, -0.1) is 0 Å². The molecule has 0 unspecified atom stereocenters. The molecule has 0 saturated carbocycles. The monoisotopic (exact) mass is 334 g/mol. The van der Waals surface area contributed by atoms with Crippen LogP contribution in [-0.4, -0.2) is 23.1 Å². The molecule has 2 aromatic carbocycles. The van der Waals surface area contributed by atoms with E-state index in [0.29, 0.717) is 11.1 Å². The van der Waals surface area contributed by atoms with Gasteiger partial charge in [0.25, 0.3) is 5.91 Å². The first kappa shape index (κ1) is 18.0. The zero-order valence-corrected chi connectivity index (χ0v) is 13.7. The van der Waals surface area contributed by atoms with Crippen molar-refractivity contribution in [3.8, 4) is 11.8 Å². The third kappa shape index (κ3) is 5.98. The first-order valence-corrected chi connectivity index (χ1v) is 7.68. The van der Waals surface area contributed by atoms with E-state index in [1.807, 2.05) is 30.3 Å². The third-order valence-electron chi connectivity index (χ3n) is 3.27. The number of carbonyl (C=O) groups excluding carboxylic acids is 2. The quantitative estimate of drug-likeness (QED) is 0.348. The molecule has 5 heteroatoms. The summed E-state index contributed by atoms with van der Waals surface area (Å²) in [5, 5.41) is 11.3. The van der Waals surface area contributed by atoms with Crippen LogP contribution in [0.3, 0.4) is 0 Å². The third-order valence-corrected chi connectivity index (χ3v) is 3.27. The fraction of sp³-hybridized carbons (Fsp3) is 0.100. The topological polar surface area (TPSA) is 78.4 Å². The van der Waals surface area contributed by atoms with Crippen LogP contribution >= 0.6 is 0 Å². The summed E-state index contributed by atoms with van der Waals surface area (Å²) in [6, 6.07) is 15.7. The second kappa shape index (κ2) is 9.06. The Hall–Kier alpha value is -3.36. The van der Waals surface area contributed by atoms with Gasteiger partial charge < -0.3 is 5.32 Å². The normalized spacial score (nSPS) is 11.3. The van der Waals surface area contributed by atoms with Crippen molar-refractivity contribution >= 4 is 17.9 Å². The molecule has 126 valence electrons. The Morgan fingerprint density at radius 2 is 1.76 bits per heavy atom. The lowest BCUT2D eigenvalue weighted by molar-refractivity contribution is -0.116. The van der Waals surface area contributed by atoms with Crippen molar-refractivity contribution in [2.45, 2.75) is 13.0 Å². The van der Waals surface area contributed by atoms with Crippen molar-refractivity contribution in [1.29, 1.82) is 0 Å². The van der Waals surface area contributed by atoms with Gasteiger partial charge in [0, 0.05) is 17.2 Å². The summed E-state index contributed by atoms with van der Waals surface area (Å²) in [5.74, 6) is 5.05. The van der Waals surface area contributed by atoms with E-state index in [2.05, 4.69) is 17.2 Å². The van der Waals surface area contributed by atoms with E-state index >= 15 is 0 Å². The lowest BCUT2D eigenvalue weighted by atomic mass is 10.1. The van der Waals surface area contributed by atoms with E-state index < -0.39 is 5.91 Å². The van der Waals surface area contributed by atoms with Crippen LogP contribution in [0.1, 0.15) is 28.4 Å². The molecule has 2 rings (SSSR count). The summed E-state index contributed by atoms with van der Waals surface area (Å²) >= 11 is 0. The Labute approximate surface area is 146 Å². The number of hydroxylamine groups is 1. The van der Waals surface area contributed by atoms with Crippen LogP contribution in [0, 0.1) is 11.8 Å². The maximum Gasteiger partial charge on any atom is 0.274 e. The molecule has 3 N–H and O–H groups in total. The molecule has 0 saturated heterocycles. The minimum absolute atomic E-state index is 0.222. The van der Waals surface area contributed by atoms with Crippen LogP contribution < -0.4 is 10.8 Å². The SMILES string of the molecule is C[C@@H](C#Cc1ccc(C(=O)NO)cc1)NC(=O)C=Cc1ccccc1. The summed E-state index contributed by atoms with van der Waals surface area (Å²) in [6.07, 6.45) is 3.20. The smallest absolute Gasteiger partial charge is 0.274 e. The van der Waals surface area contributed by atoms with Crippen LogP contribution in [0.15, 0.2) is 60.7 Å². The molecular weight excluding hydrogens is 316 g/mol. The minimum Gasteiger partial charge on any atom is -0.339 e. The van der Waals surface area contributed by atoms with E-state index in [-0.39, 0.29) is 11.9 Å². The molecule has 0 radical (unpaired) electrons. The zero-order chi connectivity index (χ0) is 18.1. The van der Waals surface area contributed by atoms with E-state index in [0.717, 1.165) is 5.56 Å². The standard InChI is InChI=1S/C20H18N2O3/c1-15(21-19(23)14-11-16-5-3-2-4-6-16)7-8-17-9-12-18(13-10-17)20(24)22-25/h2-6,9-15,25H,1H3,(H,21,23)(H,22,24)/t15-/m0/s1. The lowest BCUT2D eigenvalue weighted by Gasteiger charge is -2.04. The molecule has 0 heterocycles. The average Bonchev–Trinajstić information content (AvgIpc) is 2.65. The minimum atomic E-state index is -0.578. The molecule has 0 bridgehead atoms. The number of nitrogens with one attached hydrogen (secondary N) is 2. The zero-order valence-electron chi connectivity index (χ0n) is 13.7. The van der Waals surface area contributed by atoms with Gasteiger partial charge >= 0.3 is 0 Å². The Balaban J connectivity index is 1.91. The van der Waals surface area contributed by atoms with Crippen molar-refractivity contribution < 1.29 is 14.8 Å². The van der Waals surface area contributed by atoms with Gasteiger partial charge in [0.1, 0.15) is 0 Å². The molecule has 0 aliphatic heterocycles. The highest BCUT2D eigenvalue weighted by Crippen LogP contribution is 2.03. The maximum absolute atomic E-state index is 11.9. The van der Waals surface area contributed by atoms with Gasteiger partial charge in [-0.1, -0.05) is 42.2 Å². The molecule has 0 fully saturated rings. The van der Waals surface area contributed by atoms with Crippen LogP contribution in [0.25, 0.3) is 6.08 Å². The van der Waals surface area contributed by atoms with Gasteiger partial charge in [-0.25, -0.2) is 5.48 Å². The average molecular weight is 334 g/mol. The number of hydrogen-bond acceptors (Lipinski definition) is 3. The summed E-state index contributed by atoms with van der Waals surface area (Å²) < 4.78 is 0. The number of hydrogen-bond donors (Lipinski definition) is 3. The van der Waals surface area contributed by atoms with Gasteiger partial charge in [-0.05, 0) is 42.8 Å². The largest absolute Gasteiger partial charge is 0.339 e. The van der Waals surface area contributed by atoms with E-state index in [1.54, 1.807) is 42.7 Å². The predicted molar refractivity (Wildman–Crippen MR) is 95.7 cm³/mol. The van der Waals surface area contributed by atoms with E-state index in [9.17, 15) is 9.59 Å². The maximum atomic E-state index is 11.9. The van der Waals surface area contributed by atoms with E-state index in [4.69, 9.17) is 5.21 Å². The number of rotatable bonds is 4.